The highest BCUT2D eigenvalue weighted by Gasteiger charge is 2.14. The highest BCUT2D eigenvalue weighted by molar-refractivity contribution is 7.99. The van der Waals surface area contributed by atoms with E-state index in [4.69, 9.17) is 9.15 Å². The van der Waals surface area contributed by atoms with Crippen LogP contribution in [0.2, 0.25) is 0 Å². The lowest BCUT2D eigenvalue weighted by atomic mass is 10.1. The number of hydrogen-bond donors (Lipinski definition) is 1. The van der Waals surface area contributed by atoms with Crippen LogP contribution in [0.1, 0.15) is 5.56 Å². The van der Waals surface area contributed by atoms with Crippen LogP contribution in [-0.4, -0.2) is 18.8 Å². The third kappa shape index (κ3) is 3.78. The Hall–Kier alpha value is -2.92. The van der Waals surface area contributed by atoms with Crippen molar-refractivity contribution in [3.8, 4) is 5.75 Å². The van der Waals surface area contributed by atoms with Gasteiger partial charge in [0.25, 0.3) is 0 Å². The van der Waals surface area contributed by atoms with Gasteiger partial charge in [0, 0.05) is 22.6 Å². The lowest BCUT2D eigenvalue weighted by Crippen LogP contribution is -2.14. The number of methoxy groups -OCH3 is 1. The molecule has 0 unspecified atom stereocenters. The highest BCUT2D eigenvalue weighted by atomic mass is 32.2. The molecule has 0 aliphatic rings. The Morgan fingerprint density at radius 2 is 1.78 bits per heavy atom. The van der Waals surface area contributed by atoms with Gasteiger partial charge in [0.15, 0.2) is 0 Å². The Morgan fingerprint density at radius 1 is 1.00 bits per heavy atom. The van der Waals surface area contributed by atoms with E-state index < -0.39 is 0 Å². The molecule has 0 fully saturated rings. The molecule has 0 bridgehead atoms. The van der Waals surface area contributed by atoms with Gasteiger partial charge >= 0.3 is 0 Å². The number of nitrogens with one attached hydrogen (secondary N) is 1. The molecule has 0 aliphatic heterocycles. The maximum Gasteiger partial charge on any atom is 0.234 e. The maximum atomic E-state index is 12.4. The van der Waals surface area contributed by atoms with E-state index in [1.54, 1.807) is 18.9 Å². The summed E-state index contributed by atoms with van der Waals surface area (Å²) in [4.78, 5) is 12.4. The fraction of sp³-hybridized carbons (Fsp3) is 0.136. The zero-order valence-corrected chi connectivity index (χ0v) is 15.7. The number of anilines is 1. The van der Waals surface area contributed by atoms with Crippen molar-refractivity contribution < 1.29 is 13.9 Å². The van der Waals surface area contributed by atoms with E-state index >= 15 is 0 Å². The lowest BCUT2D eigenvalue weighted by Gasteiger charge is -2.10. The van der Waals surface area contributed by atoms with Crippen molar-refractivity contribution in [3.05, 3.63) is 72.3 Å². The van der Waals surface area contributed by atoms with Crippen molar-refractivity contribution in [2.45, 2.75) is 5.75 Å². The summed E-state index contributed by atoms with van der Waals surface area (Å²) in [7, 11) is 1.60. The number of rotatable bonds is 6. The molecule has 0 atom stereocenters. The Labute approximate surface area is 161 Å². The largest absolute Gasteiger partial charge is 0.495 e. The van der Waals surface area contributed by atoms with Gasteiger partial charge < -0.3 is 14.5 Å². The van der Waals surface area contributed by atoms with Crippen LogP contribution in [0.4, 0.5) is 5.69 Å². The van der Waals surface area contributed by atoms with E-state index in [-0.39, 0.29) is 5.91 Å². The monoisotopic (exact) mass is 377 g/mol. The molecule has 1 N–H and O–H groups in total. The van der Waals surface area contributed by atoms with Gasteiger partial charge in [0.1, 0.15) is 16.9 Å². The second kappa shape index (κ2) is 7.76. The van der Waals surface area contributed by atoms with Crippen LogP contribution in [0.3, 0.4) is 0 Å². The van der Waals surface area contributed by atoms with E-state index in [9.17, 15) is 4.79 Å². The summed E-state index contributed by atoms with van der Waals surface area (Å²) in [6, 6.07) is 21.7. The number of carbonyl (C=O) groups excluding carboxylic acids is 1. The number of hydrogen-bond acceptors (Lipinski definition) is 4. The Balaban J connectivity index is 1.50. The molecular weight excluding hydrogens is 358 g/mol. The zero-order chi connectivity index (χ0) is 18.6. The second-order valence-corrected chi connectivity index (χ2v) is 7.16. The van der Waals surface area contributed by atoms with Gasteiger partial charge in [-0.1, -0.05) is 48.5 Å². The van der Waals surface area contributed by atoms with Gasteiger partial charge in [-0.2, -0.15) is 0 Å². The number of benzene rings is 3. The number of carbonyl (C=O) groups is 1. The van der Waals surface area contributed by atoms with Crippen LogP contribution in [-0.2, 0) is 10.5 Å². The summed E-state index contributed by atoms with van der Waals surface area (Å²) in [5.74, 6) is 1.73. The predicted molar refractivity (Wildman–Crippen MR) is 112 cm³/mol. The summed E-state index contributed by atoms with van der Waals surface area (Å²) in [6.07, 6.45) is 0. The van der Waals surface area contributed by atoms with Crippen LogP contribution < -0.4 is 10.1 Å². The first kappa shape index (κ1) is 17.5. The molecule has 0 saturated carbocycles. The number of ether oxygens (including phenoxy) is 1. The average Bonchev–Trinajstić information content (AvgIpc) is 3.05. The molecule has 5 heteroatoms. The first-order valence-electron chi connectivity index (χ1n) is 8.65. The van der Waals surface area contributed by atoms with E-state index in [2.05, 4.69) is 17.4 Å². The van der Waals surface area contributed by atoms with Crippen molar-refractivity contribution in [2.24, 2.45) is 0 Å². The van der Waals surface area contributed by atoms with Gasteiger partial charge in [0.2, 0.25) is 5.91 Å². The average molecular weight is 377 g/mol. The number of para-hydroxylation sites is 1. The van der Waals surface area contributed by atoms with Crippen LogP contribution in [0.5, 0.6) is 5.75 Å². The smallest absolute Gasteiger partial charge is 0.234 e. The van der Waals surface area contributed by atoms with E-state index in [1.807, 2.05) is 54.6 Å². The molecule has 0 spiro atoms. The minimum atomic E-state index is -0.0651. The van der Waals surface area contributed by atoms with E-state index in [0.29, 0.717) is 17.2 Å². The summed E-state index contributed by atoms with van der Waals surface area (Å²) >= 11 is 1.58. The van der Waals surface area contributed by atoms with Crippen molar-refractivity contribution in [1.29, 1.82) is 0 Å². The highest BCUT2D eigenvalue weighted by Crippen LogP contribution is 2.36. The van der Waals surface area contributed by atoms with Gasteiger partial charge in [-0.25, -0.2) is 0 Å². The lowest BCUT2D eigenvalue weighted by molar-refractivity contribution is -0.113. The van der Waals surface area contributed by atoms with E-state index in [1.165, 1.54) is 5.56 Å². The standard InChI is InChI=1S/C22H19NO3S/c1-25-21-11-17-16-9-5-6-10-19(16)26-20(17)12-18(21)23-22(24)14-27-13-15-7-3-2-4-8-15/h2-12H,13-14H2,1H3,(H,23,24). The van der Waals surface area contributed by atoms with Crippen molar-refractivity contribution in [3.63, 3.8) is 0 Å². The topological polar surface area (TPSA) is 51.5 Å². The molecule has 4 nitrogen and oxygen atoms in total. The molecule has 3 aromatic carbocycles. The molecular formula is C22H19NO3S. The number of thioether (sulfide) groups is 1. The van der Waals surface area contributed by atoms with Crippen molar-refractivity contribution in [2.75, 3.05) is 18.2 Å². The first-order valence-corrected chi connectivity index (χ1v) is 9.81. The Morgan fingerprint density at radius 3 is 2.59 bits per heavy atom. The molecule has 1 amide bonds. The van der Waals surface area contributed by atoms with Gasteiger partial charge in [-0.05, 0) is 17.7 Å². The van der Waals surface area contributed by atoms with Crippen LogP contribution in [0, 0.1) is 0 Å². The molecule has 136 valence electrons. The number of amides is 1. The zero-order valence-electron chi connectivity index (χ0n) is 14.9. The molecule has 4 rings (SSSR count). The molecule has 4 aromatic rings. The first-order chi connectivity index (χ1) is 13.2. The molecule has 1 heterocycles. The van der Waals surface area contributed by atoms with Crippen molar-refractivity contribution >= 4 is 45.3 Å². The predicted octanol–water partition coefficient (Wildman–Crippen LogP) is 5.47. The summed E-state index contributed by atoms with van der Waals surface area (Å²) in [5.41, 5.74) is 3.37. The Kier molecular flexibility index (Phi) is 5.03. The number of furan rings is 1. The second-order valence-electron chi connectivity index (χ2n) is 6.17. The number of fused-ring (bicyclic) bond motifs is 3. The third-order valence-corrected chi connectivity index (χ3v) is 5.32. The summed E-state index contributed by atoms with van der Waals surface area (Å²) in [6.45, 7) is 0. The summed E-state index contributed by atoms with van der Waals surface area (Å²) in [5, 5.41) is 4.94. The minimum Gasteiger partial charge on any atom is -0.495 e. The van der Waals surface area contributed by atoms with Crippen molar-refractivity contribution in [1.82, 2.24) is 0 Å². The minimum absolute atomic E-state index is 0.0651. The molecule has 1 aromatic heterocycles. The third-order valence-electron chi connectivity index (χ3n) is 4.32. The SMILES string of the molecule is COc1cc2c(cc1NC(=O)CSCc1ccccc1)oc1ccccc12. The van der Waals surface area contributed by atoms with E-state index in [0.717, 1.165) is 27.7 Å². The maximum absolute atomic E-state index is 12.4. The van der Waals surface area contributed by atoms with Gasteiger partial charge in [-0.15, -0.1) is 11.8 Å². The quantitative estimate of drug-likeness (QED) is 0.484. The molecule has 27 heavy (non-hydrogen) atoms. The Bertz CT molecular complexity index is 1090. The summed E-state index contributed by atoms with van der Waals surface area (Å²) < 4.78 is 11.4. The fourth-order valence-electron chi connectivity index (χ4n) is 3.04. The van der Waals surface area contributed by atoms with Crippen LogP contribution in [0.25, 0.3) is 21.9 Å². The fourth-order valence-corrected chi connectivity index (χ4v) is 3.83. The van der Waals surface area contributed by atoms with Gasteiger partial charge in [-0.3, -0.25) is 4.79 Å². The normalized spacial score (nSPS) is 11.0. The molecule has 0 saturated heterocycles. The van der Waals surface area contributed by atoms with Crippen LogP contribution >= 0.6 is 11.8 Å². The molecule has 0 radical (unpaired) electrons. The van der Waals surface area contributed by atoms with Gasteiger partial charge in [0.05, 0.1) is 18.6 Å². The molecule has 0 aliphatic carbocycles. The van der Waals surface area contributed by atoms with Crippen LogP contribution in [0.15, 0.2) is 71.1 Å².